The Hall–Kier alpha value is -3.91. The van der Waals surface area contributed by atoms with E-state index in [0.29, 0.717) is 31.7 Å². The number of carbonyl (C=O) groups is 4. The average molecular weight is 817 g/mol. The van der Waals surface area contributed by atoms with Gasteiger partial charge >= 0.3 is 0 Å². The Morgan fingerprint density at radius 1 is 1.00 bits per heavy atom. The Morgan fingerprint density at radius 3 is 1.88 bits per heavy atom. The fraction of sp³-hybridized carbons (Fsp3) is 0.759. The quantitative estimate of drug-likeness (QED) is 0.0606. The molecule has 0 aromatic rings. The van der Waals surface area contributed by atoms with Crippen LogP contribution in [0.2, 0.25) is 0 Å². The molecule has 0 aromatic heterocycles. The maximum absolute atomic E-state index is 11.6. The fourth-order valence-corrected chi connectivity index (χ4v) is 2.56. The molecule has 0 aromatic carbocycles. The van der Waals surface area contributed by atoms with Crippen molar-refractivity contribution in [3.8, 4) is 0 Å². The molecular formula is C29H59FmN4O6-. The van der Waals surface area contributed by atoms with Gasteiger partial charge in [0.25, 0.3) is 0 Å². The number of hydrogen-bond acceptors (Lipinski definition) is 6. The molecule has 0 aliphatic heterocycles. The van der Waals surface area contributed by atoms with Crippen LogP contribution in [0.25, 0.3) is 0 Å². The van der Waals surface area contributed by atoms with Gasteiger partial charge in [-0.15, -0.1) is 0 Å². The van der Waals surface area contributed by atoms with Gasteiger partial charge in [0.05, 0.1) is 12.9 Å². The molecule has 0 saturated carbocycles. The summed E-state index contributed by atoms with van der Waals surface area (Å²) in [6.07, 6.45) is 10.1. The van der Waals surface area contributed by atoms with Gasteiger partial charge in [0.2, 0.25) is 18.7 Å². The molecule has 0 rings (SSSR count). The van der Waals surface area contributed by atoms with Crippen molar-refractivity contribution in [3.05, 3.63) is 11.8 Å². The second-order valence-electron chi connectivity index (χ2n) is 9.28. The predicted octanol–water partition coefficient (Wildman–Crippen LogP) is 4.19. The van der Waals surface area contributed by atoms with Crippen LogP contribution in [0.15, 0.2) is 11.8 Å². The fourth-order valence-electron chi connectivity index (χ4n) is 2.56. The number of ether oxygens (including phenoxy) is 1. The zero-order valence-electron chi connectivity index (χ0n) is 27.0. The van der Waals surface area contributed by atoms with Gasteiger partial charge in [-0.2, -0.15) is 6.41 Å². The van der Waals surface area contributed by atoms with Crippen LogP contribution in [-0.2, 0) is 28.7 Å². The standard InChI is InChI=1S/C10H20N2O2.C7H14NO.C6H12O.C4H7NO2.C2H6.Fm/c1-5-6-8(2)12-9(14)10(3,4)11-7-13;1-6(2)4-7(3)8-5-9;1-4-5-6(2)7-3;6-3-1-2-5-4-7;1-2;/h7-8H,5-6H2,1-4H3,(H,11,13)(H,12,14);6-7H,4H2,1-3H3,(H,8,9);5H,4H2,1-3H3;3-4H,1-2H2,(H,5,7);1-2H3;/q;-1;;;;/b;;6-5+;;;. The summed E-state index contributed by atoms with van der Waals surface area (Å²) in [6, 6.07) is 0.419. The second kappa shape index (κ2) is 37.2. The summed E-state index contributed by atoms with van der Waals surface area (Å²) in [5.74, 6) is 1.49. The summed E-state index contributed by atoms with van der Waals surface area (Å²) in [5.41, 5.74) is -0.830. The molecule has 0 aliphatic rings. The summed E-state index contributed by atoms with van der Waals surface area (Å²) < 4.78 is 4.85. The number of rotatable bonds is 16. The van der Waals surface area contributed by atoms with E-state index in [0.717, 1.165) is 37.7 Å². The Labute approximate surface area is 238 Å². The van der Waals surface area contributed by atoms with Crippen LogP contribution in [0, 0.1) is 5.92 Å². The molecule has 0 spiro atoms. The minimum absolute atomic E-state index is 0. The molecule has 40 heavy (non-hydrogen) atoms. The van der Waals surface area contributed by atoms with Crippen molar-refractivity contribution in [2.45, 2.75) is 126 Å². The number of aldehydes is 1. The van der Waals surface area contributed by atoms with Crippen molar-refractivity contribution in [1.29, 1.82) is 0 Å². The maximum Gasteiger partial charge on any atom is 0.245 e. The molecule has 0 heterocycles. The number of carbonyl (C=O) groups excluding carboxylic acids is 5. The van der Waals surface area contributed by atoms with Crippen LogP contribution < -0.4 is 21.3 Å². The van der Waals surface area contributed by atoms with Gasteiger partial charge in [-0.1, -0.05) is 48.0 Å². The van der Waals surface area contributed by atoms with Gasteiger partial charge in [-0.25, -0.2) is 0 Å². The van der Waals surface area contributed by atoms with E-state index in [1.807, 2.05) is 40.7 Å². The van der Waals surface area contributed by atoms with E-state index in [1.165, 1.54) is 0 Å². The molecule has 0 saturated heterocycles. The predicted molar refractivity (Wildman–Crippen MR) is 161 cm³/mol. The summed E-state index contributed by atoms with van der Waals surface area (Å²) in [7, 11) is 1.68. The second-order valence-corrected chi connectivity index (χ2v) is 9.28. The van der Waals surface area contributed by atoms with Crippen molar-refractivity contribution < 1.29 is 28.7 Å². The zero-order chi connectivity index (χ0) is 31.7. The van der Waals surface area contributed by atoms with Crippen molar-refractivity contribution in [2.75, 3.05) is 13.7 Å². The minimum atomic E-state index is -0.830. The Kier molecular flexibility index (Phi) is 45.7. The van der Waals surface area contributed by atoms with Crippen LogP contribution in [0.5, 0.6) is 0 Å². The molecule has 10 nitrogen and oxygen atoms in total. The first-order valence-electron chi connectivity index (χ1n) is 13.8. The number of methoxy groups -OCH3 is 1. The molecule has 4 N–H and O–H groups in total. The summed E-state index contributed by atoms with van der Waals surface area (Å²) in [6.45, 7) is 22.1. The zero-order valence-corrected chi connectivity index (χ0v) is 29.4. The van der Waals surface area contributed by atoms with E-state index >= 15 is 0 Å². The van der Waals surface area contributed by atoms with Gasteiger partial charge in [0.1, 0.15) is 11.8 Å². The molecular weight excluding hydrogens is 757 g/mol. The molecule has 0 fully saturated rings. The van der Waals surface area contributed by atoms with Crippen LogP contribution in [0.4, 0.5) is 0 Å². The van der Waals surface area contributed by atoms with E-state index in [2.05, 4.69) is 49.0 Å². The molecule has 2 unspecified atom stereocenters. The minimum Gasteiger partial charge on any atom is -0.528 e. The number of hydrogen-bond donors (Lipinski definition) is 4. The van der Waals surface area contributed by atoms with Crippen LogP contribution in [-0.4, -0.2) is 62.7 Å². The summed E-state index contributed by atoms with van der Waals surface area (Å²) >= 11 is 0. The molecule has 2 atom stereocenters. The van der Waals surface area contributed by atoms with Crippen LogP contribution in [0.3, 0.4) is 0 Å². The van der Waals surface area contributed by atoms with Crippen LogP contribution in [0.1, 0.15) is 108 Å². The molecule has 11 heteroatoms. The van der Waals surface area contributed by atoms with Gasteiger partial charge < -0.3 is 35.6 Å². The average Bonchev–Trinajstić information content (AvgIpc) is 2.86. The Morgan fingerprint density at radius 2 is 1.55 bits per heavy atom. The van der Waals surface area contributed by atoms with E-state index in [4.69, 9.17) is 4.74 Å². The maximum atomic E-state index is 11.6. The van der Waals surface area contributed by atoms with Crippen molar-refractivity contribution >= 4 is 31.4 Å². The Bertz CT molecular complexity index is 609. The van der Waals surface area contributed by atoms with Gasteiger partial charge in [-0.05, 0) is 71.9 Å². The van der Waals surface area contributed by atoms with Gasteiger partial charge in [0, 0.05) is 19.0 Å². The van der Waals surface area contributed by atoms with Crippen molar-refractivity contribution in [1.82, 2.24) is 21.3 Å². The molecule has 0 aliphatic carbocycles. The molecule has 0 bridgehead atoms. The smallest absolute Gasteiger partial charge is 0.245 e. The van der Waals surface area contributed by atoms with E-state index in [9.17, 15) is 24.0 Å². The summed E-state index contributed by atoms with van der Waals surface area (Å²) in [5, 5.41) is 10.2. The molecule has 4 amide bonds. The van der Waals surface area contributed by atoms with Gasteiger partial charge in [0.15, 0.2) is 0 Å². The topological polar surface area (TPSA) is 143 Å². The van der Waals surface area contributed by atoms with E-state index in [-0.39, 0.29) is 18.0 Å². The number of allylic oxidation sites excluding steroid dienone is 2. The third-order valence-corrected chi connectivity index (χ3v) is 4.52. The Balaban J connectivity index is -0.0000000976. The number of nitrogens with one attached hydrogen (secondary N) is 4. The monoisotopic (exact) mass is 817 g/mol. The summed E-state index contributed by atoms with van der Waals surface area (Å²) in [4.78, 5) is 50.6. The van der Waals surface area contributed by atoms with Crippen molar-refractivity contribution in [2.24, 2.45) is 5.92 Å². The first kappa shape index (κ1) is 49.1. The van der Waals surface area contributed by atoms with Crippen LogP contribution >= 0.6 is 0 Å². The van der Waals surface area contributed by atoms with E-state index in [1.54, 1.807) is 27.4 Å². The SMILES string of the molecule is CC.CC(C)CC(C)N[C-]=O.CC/C=C(\C)OC.CCCC(C)NC(=O)C(C)(C)NC=O.O=CCCNC=O.[Fm]. The molecule has 0 radical (unpaired) electrons. The largest absolute Gasteiger partial charge is 0.528 e. The molecule has 244 valence electrons. The first-order chi connectivity index (χ1) is 18.3. The normalized spacial score (nSPS) is 11.1. The first-order valence-corrected chi connectivity index (χ1v) is 13.8. The van der Waals surface area contributed by atoms with Gasteiger partial charge in [-0.3, -0.25) is 14.4 Å². The number of amides is 4. The third-order valence-electron chi connectivity index (χ3n) is 4.52. The van der Waals surface area contributed by atoms with E-state index < -0.39 is 5.54 Å². The third kappa shape index (κ3) is 44.1. The van der Waals surface area contributed by atoms with Crippen molar-refractivity contribution in [3.63, 3.8) is 0 Å².